The molecule has 120 valence electrons. The first kappa shape index (κ1) is 16.7. The van der Waals surface area contributed by atoms with Gasteiger partial charge in [0.25, 0.3) is 0 Å². The van der Waals surface area contributed by atoms with E-state index >= 15 is 0 Å². The summed E-state index contributed by atoms with van der Waals surface area (Å²) in [6.45, 7) is 4.07. The summed E-state index contributed by atoms with van der Waals surface area (Å²) in [5, 5.41) is 0. The molecule has 1 fully saturated rings. The van der Waals surface area contributed by atoms with E-state index in [9.17, 15) is 14.0 Å². The van der Waals surface area contributed by atoms with Crippen molar-refractivity contribution in [2.24, 2.45) is 5.92 Å². The Morgan fingerprint density at radius 1 is 1.59 bits per heavy atom. The van der Waals surface area contributed by atoms with Crippen LogP contribution in [0.4, 0.5) is 14.9 Å². The Kier molecular flexibility index (Phi) is 5.39. The molecule has 1 aromatic carbocycles. The van der Waals surface area contributed by atoms with Gasteiger partial charge in [-0.1, -0.05) is 6.92 Å². The maximum absolute atomic E-state index is 13.6. The standard InChI is InChI=1S/C15H17BrFNO4/c1-3-21-14(19)9(2)6-11-8-18(15(20)22-11)10-4-5-12(16)13(17)7-10/h4-5,7,9,11H,3,6,8H2,1-2H3. The van der Waals surface area contributed by atoms with Crippen LogP contribution in [0.1, 0.15) is 20.3 Å². The molecule has 0 N–H and O–H groups in total. The Balaban J connectivity index is 2.01. The number of hydrogen-bond acceptors (Lipinski definition) is 4. The topological polar surface area (TPSA) is 55.8 Å². The molecular weight excluding hydrogens is 357 g/mol. The van der Waals surface area contributed by atoms with Crippen molar-refractivity contribution in [3.63, 3.8) is 0 Å². The largest absolute Gasteiger partial charge is 0.466 e. The van der Waals surface area contributed by atoms with Crippen molar-refractivity contribution in [1.82, 2.24) is 0 Å². The molecule has 0 saturated carbocycles. The number of carbonyl (C=O) groups is 2. The number of carbonyl (C=O) groups excluding carboxylic acids is 2. The minimum absolute atomic E-state index is 0.281. The minimum Gasteiger partial charge on any atom is -0.466 e. The Morgan fingerprint density at radius 2 is 2.32 bits per heavy atom. The monoisotopic (exact) mass is 373 g/mol. The Bertz CT molecular complexity index is 581. The molecule has 0 spiro atoms. The van der Waals surface area contributed by atoms with Gasteiger partial charge in [-0.2, -0.15) is 0 Å². The predicted octanol–water partition coefficient (Wildman–Crippen LogP) is 3.50. The van der Waals surface area contributed by atoms with Crippen LogP contribution in [0.15, 0.2) is 22.7 Å². The van der Waals surface area contributed by atoms with Gasteiger partial charge in [-0.15, -0.1) is 0 Å². The average molecular weight is 374 g/mol. The minimum atomic E-state index is -0.539. The highest BCUT2D eigenvalue weighted by atomic mass is 79.9. The number of hydrogen-bond donors (Lipinski definition) is 0. The highest BCUT2D eigenvalue weighted by Crippen LogP contribution is 2.27. The zero-order valence-corrected chi connectivity index (χ0v) is 13.9. The molecule has 0 bridgehead atoms. The first-order valence-corrected chi connectivity index (χ1v) is 7.81. The van der Waals surface area contributed by atoms with Crippen LogP contribution in [0.3, 0.4) is 0 Å². The second kappa shape index (κ2) is 7.09. The molecule has 1 amide bonds. The van der Waals surface area contributed by atoms with Crippen LogP contribution in [0, 0.1) is 11.7 Å². The van der Waals surface area contributed by atoms with Gasteiger partial charge in [0, 0.05) is 0 Å². The SMILES string of the molecule is CCOC(=O)C(C)CC1CN(c2ccc(Br)c(F)c2)C(=O)O1. The quantitative estimate of drug-likeness (QED) is 0.741. The number of nitrogens with zero attached hydrogens (tertiary/aromatic N) is 1. The number of anilines is 1. The molecule has 0 aromatic heterocycles. The van der Waals surface area contributed by atoms with Gasteiger partial charge >= 0.3 is 12.1 Å². The van der Waals surface area contributed by atoms with E-state index in [1.54, 1.807) is 19.9 Å². The summed E-state index contributed by atoms with van der Waals surface area (Å²) in [6.07, 6.45) is -0.582. The lowest BCUT2D eigenvalue weighted by molar-refractivity contribution is -0.148. The van der Waals surface area contributed by atoms with Gasteiger partial charge in [0.2, 0.25) is 0 Å². The summed E-state index contributed by atoms with van der Waals surface area (Å²) in [5.41, 5.74) is 0.428. The summed E-state index contributed by atoms with van der Waals surface area (Å²) < 4.78 is 24.1. The Labute approximate surface area is 136 Å². The Hall–Kier alpha value is -1.63. The van der Waals surface area contributed by atoms with Crippen molar-refractivity contribution >= 4 is 33.7 Å². The molecule has 0 radical (unpaired) electrons. The van der Waals surface area contributed by atoms with Gasteiger partial charge in [-0.25, -0.2) is 9.18 Å². The first-order chi connectivity index (χ1) is 10.4. The van der Waals surface area contributed by atoms with Gasteiger partial charge in [0.15, 0.2) is 0 Å². The second-order valence-corrected chi connectivity index (χ2v) is 5.96. The van der Waals surface area contributed by atoms with E-state index in [0.717, 1.165) is 0 Å². The number of esters is 1. The van der Waals surface area contributed by atoms with Gasteiger partial charge in [0.1, 0.15) is 11.9 Å². The lowest BCUT2D eigenvalue weighted by Crippen LogP contribution is -2.26. The summed E-state index contributed by atoms with van der Waals surface area (Å²) in [6, 6.07) is 4.43. The molecule has 1 aromatic rings. The third-order valence-corrected chi connectivity index (χ3v) is 4.04. The molecule has 2 rings (SSSR count). The molecule has 2 atom stereocenters. The van der Waals surface area contributed by atoms with E-state index in [1.807, 2.05) is 0 Å². The van der Waals surface area contributed by atoms with E-state index in [-0.39, 0.29) is 18.4 Å². The van der Waals surface area contributed by atoms with Crippen LogP contribution in [-0.2, 0) is 14.3 Å². The lowest BCUT2D eigenvalue weighted by atomic mass is 10.0. The average Bonchev–Trinajstić information content (AvgIpc) is 2.83. The third kappa shape index (κ3) is 3.76. The van der Waals surface area contributed by atoms with E-state index < -0.39 is 18.0 Å². The molecule has 1 heterocycles. The molecule has 1 aliphatic heterocycles. The van der Waals surface area contributed by atoms with E-state index in [1.165, 1.54) is 17.0 Å². The Morgan fingerprint density at radius 3 is 2.95 bits per heavy atom. The van der Waals surface area contributed by atoms with Gasteiger partial charge in [-0.3, -0.25) is 9.69 Å². The van der Waals surface area contributed by atoms with Crippen molar-refractivity contribution in [3.8, 4) is 0 Å². The van der Waals surface area contributed by atoms with E-state index in [4.69, 9.17) is 9.47 Å². The number of benzene rings is 1. The number of amides is 1. The van der Waals surface area contributed by atoms with Crippen LogP contribution < -0.4 is 4.90 Å². The fourth-order valence-corrected chi connectivity index (χ4v) is 2.53. The molecule has 1 aliphatic rings. The molecule has 0 aliphatic carbocycles. The van der Waals surface area contributed by atoms with Crippen molar-refractivity contribution in [1.29, 1.82) is 0 Å². The van der Waals surface area contributed by atoms with Crippen LogP contribution in [0.2, 0.25) is 0 Å². The number of cyclic esters (lactones) is 1. The third-order valence-electron chi connectivity index (χ3n) is 3.39. The zero-order chi connectivity index (χ0) is 16.3. The van der Waals surface area contributed by atoms with Crippen molar-refractivity contribution in [2.45, 2.75) is 26.4 Å². The summed E-state index contributed by atoms with van der Waals surface area (Å²) in [5.74, 6) is -1.13. The second-order valence-electron chi connectivity index (χ2n) is 5.10. The van der Waals surface area contributed by atoms with Gasteiger partial charge < -0.3 is 9.47 Å². The van der Waals surface area contributed by atoms with E-state index in [2.05, 4.69) is 15.9 Å². The van der Waals surface area contributed by atoms with Gasteiger partial charge in [0.05, 0.1) is 29.2 Å². The highest BCUT2D eigenvalue weighted by molar-refractivity contribution is 9.10. The maximum atomic E-state index is 13.6. The van der Waals surface area contributed by atoms with E-state index in [0.29, 0.717) is 23.2 Å². The van der Waals surface area contributed by atoms with Gasteiger partial charge in [-0.05, 0) is 47.5 Å². The molecule has 1 saturated heterocycles. The van der Waals surface area contributed by atoms with Crippen molar-refractivity contribution in [3.05, 3.63) is 28.5 Å². The normalized spacial score (nSPS) is 19.0. The highest BCUT2D eigenvalue weighted by Gasteiger charge is 2.34. The zero-order valence-electron chi connectivity index (χ0n) is 12.3. The molecule has 7 heteroatoms. The molecule has 5 nitrogen and oxygen atoms in total. The molecule has 2 unspecified atom stereocenters. The van der Waals surface area contributed by atoms with Crippen LogP contribution in [0.5, 0.6) is 0 Å². The summed E-state index contributed by atoms with van der Waals surface area (Å²) in [7, 11) is 0. The number of halogens is 2. The van der Waals surface area contributed by atoms with Crippen LogP contribution in [-0.4, -0.2) is 31.3 Å². The fourth-order valence-electron chi connectivity index (χ4n) is 2.28. The van der Waals surface area contributed by atoms with Crippen LogP contribution >= 0.6 is 15.9 Å². The number of ether oxygens (including phenoxy) is 2. The van der Waals surface area contributed by atoms with Crippen molar-refractivity contribution < 1.29 is 23.5 Å². The maximum Gasteiger partial charge on any atom is 0.414 e. The smallest absolute Gasteiger partial charge is 0.414 e. The predicted molar refractivity (Wildman–Crippen MR) is 82.1 cm³/mol. The van der Waals surface area contributed by atoms with Crippen molar-refractivity contribution in [2.75, 3.05) is 18.1 Å². The fraction of sp³-hybridized carbons (Fsp3) is 0.467. The summed E-state index contributed by atoms with van der Waals surface area (Å²) >= 11 is 3.07. The molecule has 22 heavy (non-hydrogen) atoms. The number of rotatable bonds is 5. The van der Waals surface area contributed by atoms with Crippen LogP contribution in [0.25, 0.3) is 0 Å². The lowest BCUT2D eigenvalue weighted by Gasteiger charge is -2.15. The first-order valence-electron chi connectivity index (χ1n) is 7.02. The summed E-state index contributed by atoms with van der Waals surface area (Å²) in [4.78, 5) is 24.9. The molecular formula is C15H17BrFNO4.